The molecular weight excluding hydrogens is 346 g/mol. The molecule has 0 N–H and O–H groups in total. The zero-order chi connectivity index (χ0) is 20.2. The van der Waals surface area contributed by atoms with Crippen LogP contribution in [0.25, 0.3) is 0 Å². The molecule has 0 saturated heterocycles. The molecule has 1 amide bonds. The predicted molar refractivity (Wildman–Crippen MR) is 109 cm³/mol. The van der Waals surface area contributed by atoms with Gasteiger partial charge in [0, 0.05) is 0 Å². The van der Waals surface area contributed by atoms with Crippen LogP contribution in [-0.2, 0) is 13.9 Å². The van der Waals surface area contributed by atoms with Crippen LogP contribution in [0.3, 0.4) is 0 Å². The molecule has 0 aromatic rings. The van der Waals surface area contributed by atoms with Crippen LogP contribution in [0, 0.1) is 0 Å². The summed E-state index contributed by atoms with van der Waals surface area (Å²) < 4.78 is 17.9. The molecule has 0 aromatic carbocycles. The minimum absolute atomic E-state index is 0.0998. The van der Waals surface area contributed by atoms with E-state index in [4.69, 9.17) is 13.9 Å². The SMILES string of the molecule is C=CCO[C@@H]1C=C[C@H](O[Si](C)(C)C(C)(C)C)CN(C(=O)OC(C)(C)C)C1. The zero-order valence-electron chi connectivity index (χ0n) is 17.8. The summed E-state index contributed by atoms with van der Waals surface area (Å²) in [6.07, 6.45) is 5.02. The summed E-state index contributed by atoms with van der Waals surface area (Å²) in [6, 6.07) is 0. The van der Waals surface area contributed by atoms with Gasteiger partial charge < -0.3 is 18.8 Å². The average Bonchev–Trinajstić information content (AvgIpc) is 2.64. The largest absolute Gasteiger partial charge is 0.444 e. The maximum Gasteiger partial charge on any atom is 0.410 e. The number of carbonyl (C=O) groups excluding carboxylic acids is 1. The van der Waals surface area contributed by atoms with E-state index in [1.54, 1.807) is 11.0 Å². The Kier molecular flexibility index (Phi) is 7.69. The van der Waals surface area contributed by atoms with Gasteiger partial charge in [-0.3, -0.25) is 0 Å². The summed E-state index contributed by atoms with van der Waals surface area (Å²) in [6.45, 7) is 21.7. The van der Waals surface area contributed by atoms with Crippen LogP contribution in [-0.4, -0.2) is 56.8 Å². The van der Waals surface area contributed by atoms with Gasteiger partial charge in [0.05, 0.1) is 31.9 Å². The first kappa shape index (κ1) is 22.9. The fourth-order valence-electron chi connectivity index (χ4n) is 2.29. The molecule has 1 heterocycles. The molecule has 0 aliphatic carbocycles. The van der Waals surface area contributed by atoms with Crippen molar-refractivity contribution in [2.75, 3.05) is 19.7 Å². The maximum absolute atomic E-state index is 12.6. The second-order valence-electron chi connectivity index (χ2n) is 9.35. The molecule has 1 aliphatic heterocycles. The van der Waals surface area contributed by atoms with Crippen LogP contribution in [0.15, 0.2) is 24.8 Å². The van der Waals surface area contributed by atoms with Crippen molar-refractivity contribution in [3.05, 3.63) is 24.8 Å². The molecule has 5 nitrogen and oxygen atoms in total. The van der Waals surface area contributed by atoms with Gasteiger partial charge in [-0.15, -0.1) is 6.58 Å². The molecule has 6 heteroatoms. The van der Waals surface area contributed by atoms with E-state index in [2.05, 4.69) is 40.4 Å². The Morgan fingerprint density at radius 2 is 1.69 bits per heavy atom. The number of amides is 1. The Labute approximate surface area is 160 Å². The topological polar surface area (TPSA) is 48.0 Å². The molecule has 1 rings (SSSR count). The van der Waals surface area contributed by atoms with Crippen molar-refractivity contribution in [1.82, 2.24) is 4.90 Å². The van der Waals surface area contributed by atoms with E-state index in [1.807, 2.05) is 32.9 Å². The third-order valence-corrected chi connectivity index (χ3v) is 9.18. The molecule has 0 saturated carbocycles. The minimum Gasteiger partial charge on any atom is -0.444 e. The van der Waals surface area contributed by atoms with Gasteiger partial charge in [0.2, 0.25) is 0 Å². The van der Waals surface area contributed by atoms with Crippen LogP contribution in [0.2, 0.25) is 18.1 Å². The smallest absolute Gasteiger partial charge is 0.410 e. The first-order valence-corrected chi connectivity index (χ1v) is 12.2. The number of hydrogen-bond acceptors (Lipinski definition) is 4. The third kappa shape index (κ3) is 7.25. The Morgan fingerprint density at radius 3 is 2.19 bits per heavy atom. The van der Waals surface area contributed by atoms with Crippen molar-refractivity contribution in [3.8, 4) is 0 Å². The first-order chi connectivity index (χ1) is 11.7. The van der Waals surface area contributed by atoms with Crippen molar-refractivity contribution in [2.24, 2.45) is 0 Å². The highest BCUT2D eigenvalue weighted by Crippen LogP contribution is 2.37. The van der Waals surface area contributed by atoms with Crippen LogP contribution in [0.1, 0.15) is 41.5 Å². The highest BCUT2D eigenvalue weighted by atomic mass is 28.4. The van der Waals surface area contributed by atoms with Crippen LogP contribution >= 0.6 is 0 Å². The molecule has 1 aliphatic rings. The van der Waals surface area contributed by atoms with Crippen molar-refractivity contribution in [3.63, 3.8) is 0 Å². The predicted octanol–water partition coefficient (Wildman–Crippen LogP) is 4.75. The molecular formula is C20H37NO4Si. The summed E-state index contributed by atoms with van der Waals surface area (Å²) in [4.78, 5) is 14.3. The molecule has 0 spiro atoms. The van der Waals surface area contributed by atoms with E-state index in [1.165, 1.54) is 0 Å². The number of carbonyl (C=O) groups is 1. The molecule has 0 aromatic heterocycles. The van der Waals surface area contributed by atoms with Gasteiger partial charge in [0.15, 0.2) is 8.32 Å². The number of nitrogens with zero attached hydrogens (tertiary/aromatic N) is 1. The molecule has 0 bridgehead atoms. The quantitative estimate of drug-likeness (QED) is 0.507. The first-order valence-electron chi connectivity index (χ1n) is 9.32. The lowest BCUT2D eigenvalue weighted by Gasteiger charge is -2.39. The van der Waals surface area contributed by atoms with Gasteiger partial charge in [0.25, 0.3) is 0 Å². The van der Waals surface area contributed by atoms with Gasteiger partial charge in [-0.05, 0) is 38.9 Å². The van der Waals surface area contributed by atoms with E-state index in [0.29, 0.717) is 19.7 Å². The highest BCUT2D eigenvalue weighted by molar-refractivity contribution is 6.74. The number of rotatable bonds is 5. The third-order valence-electron chi connectivity index (χ3n) is 4.67. The fraction of sp³-hybridized carbons (Fsp3) is 0.750. The van der Waals surface area contributed by atoms with Crippen molar-refractivity contribution in [2.45, 2.75) is 77.5 Å². The second-order valence-corrected chi connectivity index (χ2v) is 14.1. The number of hydrogen-bond donors (Lipinski definition) is 0. The molecule has 0 radical (unpaired) electrons. The molecule has 150 valence electrons. The van der Waals surface area contributed by atoms with Gasteiger partial charge in [-0.25, -0.2) is 4.79 Å². The molecule has 0 fully saturated rings. The summed E-state index contributed by atoms with van der Waals surface area (Å²) >= 11 is 0. The van der Waals surface area contributed by atoms with Crippen LogP contribution < -0.4 is 0 Å². The molecule has 2 atom stereocenters. The van der Waals surface area contributed by atoms with Crippen molar-refractivity contribution in [1.29, 1.82) is 0 Å². The standard InChI is InChI=1S/C20H37NO4Si/c1-10-13-23-16-11-12-17(25-26(8,9)20(5,6)7)15-21(14-16)18(22)24-19(2,3)4/h10-12,16-17H,1,13-15H2,2-9H3/t16-,17+/m1/s1. The Hall–Kier alpha value is -1.11. The van der Waals surface area contributed by atoms with Crippen LogP contribution in [0.5, 0.6) is 0 Å². The lowest BCUT2D eigenvalue weighted by Crippen LogP contribution is -2.48. The highest BCUT2D eigenvalue weighted by Gasteiger charge is 2.40. The molecule has 0 unspecified atom stereocenters. The van der Waals surface area contributed by atoms with E-state index < -0.39 is 13.9 Å². The van der Waals surface area contributed by atoms with Crippen molar-refractivity contribution < 1.29 is 18.7 Å². The average molecular weight is 384 g/mol. The lowest BCUT2D eigenvalue weighted by atomic mass is 10.2. The summed E-state index contributed by atoms with van der Waals surface area (Å²) in [5.41, 5.74) is -0.538. The normalized spacial score (nSPS) is 22.1. The monoisotopic (exact) mass is 383 g/mol. The van der Waals surface area contributed by atoms with E-state index in [9.17, 15) is 4.79 Å². The van der Waals surface area contributed by atoms with Crippen LogP contribution in [0.4, 0.5) is 4.79 Å². The fourth-order valence-corrected chi connectivity index (χ4v) is 3.55. The summed E-state index contributed by atoms with van der Waals surface area (Å²) in [5.74, 6) is 0. The van der Waals surface area contributed by atoms with Crippen molar-refractivity contribution >= 4 is 14.4 Å². The molecule has 26 heavy (non-hydrogen) atoms. The summed E-state index contributed by atoms with van der Waals surface area (Å²) in [7, 11) is -1.96. The second kappa shape index (κ2) is 8.72. The summed E-state index contributed by atoms with van der Waals surface area (Å²) in [5, 5.41) is 0.0998. The Bertz CT molecular complexity index is 517. The van der Waals surface area contributed by atoms with E-state index in [0.717, 1.165) is 0 Å². The van der Waals surface area contributed by atoms with Gasteiger partial charge >= 0.3 is 6.09 Å². The maximum atomic E-state index is 12.6. The van der Waals surface area contributed by atoms with Gasteiger partial charge in [0.1, 0.15) is 5.60 Å². The Morgan fingerprint density at radius 1 is 1.15 bits per heavy atom. The Balaban J connectivity index is 2.97. The lowest BCUT2D eigenvalue weighted by molar-refractivity contribution is 0.00730. The minimum atomic E-state index is -1.96. The number of ether oxygens (including phenoxy) is 2. The van der Waals surface area contributed by atoms with E-state index in [-0.39, 0.29) is 23.3 Å². The van der Waals surface area contributed by atoms with Gasteiger partial charge in [-0.2, -0.15) is 0 Å². The zero-order valence-corrected chi connectivity index (χ0v) is 18.8. The van der Waals surface area contributed by atoms with E-state index >= 15 is 0 Å². The van der Waals surface area contributed by atoms with Gasteiger partial charge in [-0.1, -0.05) is 39.0 Å².